The lowest BCUT2D eigenvalue weighted by Gasteiger charge is -2.01. The van der Waals surface area contributed by atoms with E-state index < -0.39 is 0 Å². The highest BCUT2D eigenvalue weighted by Gasteiger charge is 2.11. The summed E-state index contributed by atoms with van der Waals surface area (Å²) in [6, 6.07) is 12.5. The molecule has 118 valence electrons. The van der Waals surface area contributed by atoms with Crippen molar-refractivity contribution >= 4 is 45.0 Å². The van der Waals surface area contributed by atoms with Gasteiger partial charge in [0.05, 0.1) is 5.69 Å². The predicted molar refractivity (Wildman–Crippen MR) is 94.4 cm³/mol. The maximum absolute atomic E-state index is 12.3. The monoisotopic (exact) mass is 355 g/mol. The summed E-state index contributed by atoms with van der Waals surface area (Å²) in [5, 5.41) is 16.4. The molecule has 2 heterocycles. The first-order valence-electron chi connectivity index (χ1n) is 7.02. The van der Waals surface area contributed by atoms with Crippen LogP contribution < -0.4 is 5.32 Å². The van der Waals surface area contributed by atoms with Crippen LogP contribution >= 0.6 is 22.9 Å². The van der Waals surface area contributed by atoms with E-state index in [4.69, 9.17) is 11.6 Å². The number of benzene rings is 2. The molecule has 2 N–H and O–H groups in total. The second kappa shape index (κ2) is 6.03. The van der Waals surface area contributed by atoms with Crippen molar-refractivity contribution < 1.29 is 4.79 Å². The van der Waals surface area contributed by atoms with Crippen LogP contribution in [0.25, 0.3) is 22.3 Å². The predicted octanol–water partition coefficient (Wildman–Crippen LogP) is 3.99. The number of hydrogen-bond acceptors (Lipinski definition) is 5. The average Bonchev–Trinajstić information content (AvgIpc) is 3.24. The van der Waals surface area contributed by atoms with Crippen LogP contribution in [0.3, 0.4) is 0 Å². The van der Waals surface area contributed by atoms with Gasteiger partial charge in [-0.15, -0.1) is 11.3 Å². The fraction of sp³-hybridized carbons (Fsp3) is 0. The summed E-state index contributed by atoms with van der Waals surface area (Å²) in [7, 11) is 0. The van der Waals surface area contributed by atoms with Crippen molar-refractivity contribution in [3.63, 3.8) is 0 Å². The minimum absolute atomic E-state index is 0.239. The fourth-order valence-corrected chi connectivity index (χ4v) is 3.08. The molecule has 2 aromatic carbocycles. The van der Waals surface area contributed by atoms with Crippen LogP contribution in [-0.4, -0.2) is 26.3 Å². The second-order valence-corrected chi connectivity index (χ2v) is 6.32. The minimum Gasteiger partial charge on any atom is -0.298 e. The number of halogens is 1. The Kier molecular flexibility index (Phi) is 3.72. The topological polar surface area (TPSA) is 83.6 Å². The van der Waals surface area contributed by atoms with Gasteiger partial charge >= 0.3 is 0 Å². The van der Waals surface area contributed by atoms with Crippen LogP contribution in [0.2, 0.25) is 5.02 Å². The first-order valence-corrected chi connectivity index (χ1v) is 8.28. The molecule has 1 amide bonds. The molecular formula is C16H10ClN5OS. The quantitative estimate of drug-likeness (QED) is 0.582. The van der Waals surface area contributed by atoms with Crippen molar-refractivity contribution in [3.05, 3.63) is 58.4 Å². The molecule has 0 aliphatic rings. The molecule has 0 spiro atoms. The Morgan fingerprint density at radius 1 is 1.08 bits per heavy atom. The summed E-state index contributed by atoms with van der Waals surface area (Å²) in [5.74, 6) is -0.239. The number of carbonyl (C=O) groups excluding carboxylic acids is 1. The molecule has 0 radical (unpaired) electrons. The van der Waals surface area contributed by atoms with Gasteiger partial charge in [-0.25, -0.2) is 4.98 Å². The number of fused-ring (bicyclic) bond motifs is 1. The Morgan fingerprint density at radius 2 is 1.88 bits per heavy atom. The molecule has 0 aliphatic carbocycles. The first kappa shape index (κ1) is 14.8. The maximum atomic E-state index is 12.3. The van der Waals surface area contributed by atoms with E-state index in [0.717, 1.165) is 11.3 Å². The molecule has 24 heavy (non-hydrogen) atoms. The van der Waals surface area contributed by atoms with Crippen molar-refractivity contribution in [1.29, 1.82) is 0 Å². The standard InChI is InChI=1S/C16H10ClN5OS/c17-11-4-1-9(2-5-11)14-8-24-16(18-14)19-15(23)10-3-6-12-13(7-10)21-22-20-12/h1-8H,(H,18,19,23)(H,20,21,22). The van der Waals surface area contributed by atoms with Gasteiger partial charge in [0.15, 0.2) is 5.13 Å². The zero-order valence-corrected chi connectivity index (χ0v) is 13.7. The summed E-state index contributed by atoms with van der Waals surface area (Å²) in [6.07, 6.45) is 0. The van der Waals surface area contributed by atoms with Crippen LogP contribution in [-0.2, 0) is 0 Å². The van der Waals surface area contributed by atoms with Gasteiger partial charge in [0.1, 0.15) is 11.0 Å². The summed E-state index contributed by atoms with van der Waals surface area (Å²) < 4.78 is 0. The fourth-order valence-electron chi connectivity index (χ4n) is 2.24. The zero-order valence-electron chi connectivity index (χ0n) is 12.2. The Balaban J connectivity index is 1.54. The number of thiazole rings is 1. The molecule has 8 heteroatoms. The number of nitrogens with zero attached hydrogens (tertiary/aromatic N) is 3. The molecular weight excluding hydrogens is 346 g/mol. The normalized spacial score (nSPS) is 10.9. The molecule has 0 atom stereocenters. The number of hydrogen-bond donors (Lipinski definition) is 2. The number of rotatable bonds is 3. The molecule has 0 saturated carbocycles. The van der Waals surface area contributed by atoms with Gasteiger partial charge < -0.3 is 0 Å². The number of aromatic nitrogens is 4. The third-order valence-corrected chi connectivity index (χ3v) is 4.45. The smallest absolute Gasteiger partial charge is 0.257 e. The lowest BCUT2D eigenvalue weighted by atomic mass is 10.2. The number of carbonyl (C=O) groups is 1. The van der Waals surface area contributed by atoms with Gasteiger partial charge in [-0.3, -0.25) is 10.1 Å². The van der Waals surface area contributed by atoms with Crippen molar-refractivity contribution in [2.45, 2.75) is 0 Å². The van der Waals surface area contributed by atoms with E-state index in [1.165, 1.54) is 11.3 Å². The number of aromatic amines is 1. The highest BCUT2D eigenvalue weighted by Crippen LogP contribution is 2.26. The van der Waals surface area contributed by atoms with E-state index in [9.17, 15) is 4.79 Å². The van der Waals surface area contributed by atoms with E-state index in [-0.39, 0.29) is 5.91 Å². The molecule has 4 rings (SSSR count). The van der Waals surface area contributed by atoms with Crippen LogP contribution in [0.5, 0.6) is 0 Å². The number of anilines is 1. The molecule has 6 nitrogen and oxygen atoms in total. The largest absolute Gasteiger partial charge is 0.298 e. The molecule has 0 fully saturated rings. The average molecular weight is 356 g/mol. The van der Waals surface area contributed by atoms with E-state index in [0.29, 0.717) is 26.8 Å². The Hall–Kier alpha value is -2.77. The van der Waals surface area contributed by atoms with Gasteiger partial charge in [0.2, 0.25) is 0 Å². The lowest BCUT2D eigenvalue weighted by Crippen LogP contribution is -2.11. The zero-order chi connectivity index (χ0) is 16.5. The van der Waals surface area contributed by atoms with Gasteiger partial charge in [-0.2, -0.15) is 15.4 Å². The lowest BCUT2D eigenvalue weighted by molar-refractivity contribution is 0.102. The molecule has 4 aromatic rings. The molecule has 0 aliphatic heterocycles. The summed E-state index contributed by atoms with van der Waals surface area (Å²) >= 11 is 7.25. The minimum atomic E-state index is -0.239. The number of amides is 1. The Labute approximate surface area is 145 Å². The molecule has 0 bridgehead atoms. The van der Waals surface area contributed by atoms with E-state index >= 15 is 0 Å². The third kappa shape index (κ3) is 2.86. The van der Waals surface area contributed by atoms with Crippen LogP contribution in [0.15, 0.2) is 47.8 Å². The SMILES string of the molecule is O=C(Nc1nc(-c2ccc(Cl)cc2)cs1)c1ccc2n[nH]nc2c1. The third-order valence-electron chi connectivity index (χ3n) is 3.44. The summed E-state index contributed by atoms with van der Waals surface area (Å²) in [6.45, 7) is 0. The maximum Gasteiger partial charge on any atom is 0.257 e. The van der Waals surface area contributed by atoms with Crippen molar-refractivity contribution in [2.75, 3.05) is 5.32 Å². The van der Waals surface area contributed by atoms with Crippen LogP contribution in [0, 0.1) is 0 Å². The van der Waals surface area contributed by atoms with Gasteiger partial charge in [0, 0.05) is 21.5 Å². The summed E-state index contributed by atoms with van der Waals surface area (Å²) in [4.78, 5) is 16.8. The second-order valence-electron chi connectivity index (χ2n) is 5.03. The Bertz CT molecular complexity index is 1020. The highest BCUT2D eigenvalue weighted by atomic mass is 35.5. The number of nitrogens with one attached hydrogen (secondary N) is 2. The van der Waals surface area contributed by atoms with E-state index in [1.807, 2.05) is 29.6 Å². The van der Waals surface area contributed by atoms with Gasteiger partial charge in [0.25, 0.3) is 5.91 Å². The van der Waals surface area contributed by atoms with Crippen molar-refractivity contribution in [3.8, 4) is 11.3 Å². The first-order chi connectivity index (χ1) is 11.7. The number of H-pyrrole nitrogens is 1. The van der Waals surface area contributed by atoms with Crippen molar-refractivity contribution in [1.82, 2.24) is 20.4 Å². The molecule has 2 aromatic heterocycles. The van der Waals surface area contributed by atoms with Gasteiger partial charge in [-0.05, 0) is 30.3 Å². The highest BCUT2D eigenvalue weighted by molar-refractivity contribution is 7.14. The Morgan fingerprint density at radius 3 is 2.71 bits per heavy atom. The van der Waals surface area contributed by atoms with E-state index in [1.54, 1.807) is 18.2 Å². The molecule has 0 saturated heterocycles. The van der Waals surface area contributed by atoms with Crippen LogP contribution in [0.4, 0.5) is 5.13 Å². The van der Waals surface area contributed by atoms with E-state index in [2.05, 4.69) is 25.7 Å². The van der Waals surface area contributed by atoms with Crippen molar-refractivity contribution in [2.24, 2.45) is 0 Å². The van der Waals surface area contributed by atoms with Crippen LogP contribution in [0.1, 0.15) is 10.4 Å². The van der Waals surface area contributed by atoms with Gasteiger partial charge in [-0.1, -0.05) is 23.7 Å². The molecule has 0 unspecified atom stereocenters. The summed E-state index contributed by atoms with van der Waals surface area (Å²) in [5.41, 5.74) is 3.59.